The van der Waals surface area contributed by atoms with Gasteiger partial charge in [0.2, 0.25) is 5.43 Å². The topological polar surface area (TPSA) is 93.9 Å². The summed E-state index contributed by atoms with van der Waals surface area (Å²) in [6.07, 6.45) is -0.374. The van der Waals surface area contributed by atoms with Crippen molar-refractivity contribution in [3.8, 4) is 16.9 Å². The predicted molar refractivity (Wildman–Crippen MR) is 127 cm³/mol. The number of fused-ring (bicyclic) bond motifs is 1. The van der Waals surface area contributed by atoms with Crippen LogP contribution in [-0.2, 0) is 14.6 Å². The highest BCUT2D eigenvalue weighted by Gasteiger charge is 2.35. The van der Waals surface area contributed by atoms with Gasteiger partial charge in [-0.15, -0.1) is 0 Å². The van der Waals surface area contributed by atoms with Gasteiger partial charge in [-0.2, -0.15) is 0 Å². The number of carbonyl (C=O) groups is 1. The molecule has 0 bridgehead atoms. The monoisotopic (exact) mass is 469 g/mol. The van der Waals surface area contributed by atoms with E-state index < -0.39 is 15.9 Å². The molecule has 4 rings (SSSR count). The summed E-state index contributed by atoms with van der Waals surface area (Å²) in [5.74, 6) is 0.721. The first-order valence-electron chi connectivity index (χ1n) is 11.0. The Morgan fingerprint density at radius 1 is 1.21 bits per heavy atom. The molecule has 1 aromatic heterocycles. The zero-order chi connectivity index (χ0) is 23.8. The van der Waals surface area contributed by atoms with Crippen molar-refractivity contribution in [3.63, 3.8) is 0 Å². The third kappa shape index (κ3) is 4.66. The molecule has 8 heteroatoms. The molecular weight excluding hydrogens is 442 g/mol. The van der Waals surface area contributed by atoms with E-state index in [2.05, 4.69) is 0 Å². The van der Waals surface area contributed by atoms with Crippen LogP contribution in [0, 0.1) is 6.92 Å². The molecule has 1 aliphatic rings. The number of benzene rings is 2. The summed E-state index contributed by atoms with van der Waals surface area (Å²) < 4.78 is 35.5. The normalized spacial score (nSPS) is 18.2. The first-order chi connectivity index (χ1) is 15.7. The molecule has 1 saturated heterocycles. The number of carbonyl (C=O) groups excluding carboxylic acids is 1. The van der Waals surface area contributed by atoms with Gasteiger partial charge in [0.05, 0.1) is 22.5 Å². The van der Waals surface area contributed by atoms with E-state index in [0.717, 1.165) is 5.56 Å². The Bertz CT molecular complexity index is 1350. The average molecular weight is 470 g/mol. The smallest absolute Gasteiger partial charge is 0.263 e. The lowest BCUT2D eigenvalue weighted by molar-refractivity contribution is -0.139. The van der Waals surface area contributed by atoms with Crippen molar-refractivity contribution < 1.29 is 22.4 Å². The van der Waals surface area contributed by atoms with Crippen molar-refractivity contribution in [2.75, 3.05) is 18.1 Å². The Labute approximate surface area is 192 Å². The van der Waals surface area contributed by atoms with Gasteiger partial charge < -0.3 is 14.1 Å². The van der Waals surface area contributed by atoms with E-state index in [1.807, 2.05) is 37.3 Å². The van der Waals surface area contributed by atoms with Crippen LogP contribution < -0.4 is 10.2 Å². The van der Waals surface area contributed by atoms with Crippen LogP contribution in [0.15, 0.2) is 57.7 Å². The van der Waals surface area contributed by atoms with Crippen molar-refractivity contribution in [2.24, 2.45) is 0 Å². The molecule has 7 nitrogen and oxygen atoms in total. The standard InChI is InChI=1S/C25H27NO6S/c1-4-26(19-12-13-33(29,30)15-19)25(28)17(3)31-20-10-11-21-22(14-20)32-16(2)23(24(21)27)18-8-6-5-7-9-18/h5-11,14,17,19H,4,12-13,15H2,1-3H3/t17-,19+/m1/s1. The molecule has 1 aliphatic heterocycles. The number of amides is 1. The van der Waals surface area contributed by atoms with Crippen LogP contribution in [0.4, 0.5) is 0 Å². The van der Waals surface area contributed by atoms with E-state index in [1.165, 1.54) is 0 Å². The van der Waals surface area contributed by atoms with Crippen molar-refractivity contribution in [1.82, 2.24) is 4.90 Å². The quantitative estimate of drug-likeness (QED) is 0.548. The molecule has 2 aromatic carbocycles. The summed E-state index contributed by atoms with van der Waals surface area (Å²) in [6, 6.07) is 13.9. The lowest BCUT2D eigenvalue weighted by atomic mass is 10.0. The summed E-state index contributed by atoms with van der Waals surface area (Å²) in [5, 5.41) is 0.428. The number of ether oxygens (including phenoxy) is 1. The van der Waals surface area contributed by atoms with Crippen LogP contribution in [0.2, 0.25) is 0 Å². The molecular formula is C25H27NO6S. The van der Waals surface area contributed by atoms with Crippen LogP contribution in [-0.4, -0.2) is 49.4 Å². The Morgan fingerprint density at radius 2 is 1.94 bits per heavy atom. The summed E-state index contributed by atoms with van der Waals surface area (Å²) in [6.45, 7) is 5.62. The number of nitrogens with zero attached hydrogens (tertiary/aromatic N) is 1. The average Bonchev–Trinajstić information content (AvgIpc) is 3.14. The summed E-state index contributed by atoms with van der Waals surface area (Å²) in [4.78, 5) is 27.7. The molecule has 1 amide bonds. The Kier molecular flexibility index (Phi) is 6.30. The lowest BCUT2D eigenvalue weighted by Gasteiger charge is -2.29. The fourth-order valence-corrected chi connectivity index (χ4v) is 6.13. The van der Waals surface area contributed by atoms with Gasteiger partial charge in [0, 0.05) is 18.7 Å². The number of sulfone groups is 1. The highest BCUT2D eigenvalue weighted by atomic mass is 32.2. The number of hydrogen-bond donors (Lipinski definition) is 0. The molecule has 0 N–H and O–H groups in total. The van der Waals surface area contributed by atoms with Crippen molar-refractivity contribution in [2.45, 2.75) is 39.3 Å². The molecule has 33 heavy (non-hydrogen) atoms. The molecule has 174 valence electrons. The molecule has 2 atom stereocenters. The highest BCUT2D eigenvalue weighted by Crippen LogP contribution is 2.27. The lowest BCUT2D eigenvalue weighted by Crippen LogP contribution is -2.46. The Balaban J connectivity index is 1.58. The van der Waals surface area contributed by atoms with Crippen molar-refractivity contribution in [1.29, 1.82) is 0 Å². The maximum atomic E-state index is 13.1. The van der Waals surface area contributed by atoms with Crippen LogP contribution in [0.5, 0.6) is 5.75 Å². The fraction of sp³-hybridized carbons (Fsp3) is 0.360. The molecule has 0 aliphatic carbocycles. The molecule has 0 radical (unpaired) electrons. The minimum atomic E-state index is -3.10. The summed E-state index contributed by atoms with van der Waals surface area (Å²) in [7, 11) is -3.10. The van der Waals surface area contributed by atoms with Gasteiger partial charge in [-0.05, 0) is 44.9 Å². The van der Waals surface area contributed by atoms with Crippen molar-refractivity contribution in [3.05, 3.63) is 64.5 Å². The SMILES string of the molecule is CCN(C(=O)[C@@H](C)Oc1ccc2c(=O)c(-c3ccccc3)c(C)oc2c1)[C@H]1CCS(=O)(=O)C1. The van der Waals surface area contributed by atoms with E-state index in [9.17, 15) is 18.0 Å². The molecule has 0 saturated carbocycles. The van der Waals surface area contributed by atoms with Gasteiger partial charge in [0.15, 0.2) is 15.9 Å². The Hall–Kier alpha value is -3.13. The molecule has 2 heterocycles. The number of likely N-dealkylation sites (N-methyl/N-ethyl adjacent to an activating group) is 1. The van der Waals surface area contributed by atoms with Gasteiger partial charge in [0.1, 0.15) is 17.1 Å². The maximum absolute atomic E-state index is 13.1. The maximum Gasteiger partial charge on any atom is 0.263 e. The Morgan fingerprint density at radius 3 is 2.58 bits per heavy atom. The zero-order valence-corrected chi connectivity index (χ0v) is 19.7. The molecule has 1 fully saturated rings. The van der Waals surface area contributed by atoms with E-state index >= 15 is 0 Å². The zero-order valence-electron chi connectivity index (χ0n) is 18.9. The van der Waals surface area contributed by atoms with Crippen LogP contribution in [0.1, 0.15) is 26.0 Å². The molecule has 3 aromatic rings. The van der Waals surface area contributed by atoms with Gasteiger partial charge in [0.25, 0.3) is 5.91 Å². The second-order valence-corrected chi connectivity index (χ2v) is 10.6. The van der Waals surface area contributed by atoms with Gasteiger partial charge in [-0.25, -0.2) is 8.42 Å². The second kappa shape index (κ2) is 9.02. The fourth-order valence-electron chi connectivity index (χ4n) is 4.40. The van der Waals surface area contributed by atoms with Gasteiger partial charge in [-0.1, -0.05) is 30.3 Å². The third-order valence-electron chi connectivity index (χ3n) is 6.04. The summed E-state index contributed by atoms with van der Waals surface area (Å²) in [5.41, 5.74) is 1.56. The first-order valence-corrected chi connectivity index (χ1v) is 12.8. The van der Waals surface area contributed by atoms with Crippen LogP contribution >= 0.6 is 0 Å². The predicted octanol–water partition coefficient (Wildman–Crippen LogP) is 3.57. The molecule has 0 spiro atoms. The molecule has 0 unspecified atom stereocenters. The minimum Gasteiger partial charge on any atom is -0.481 e. The first kappa shape index (κ1) is 23.0. The minimum absolute atomic E-state index is 0.0105. The van der Waals surface area contributed by atoms with Crippen molar-refractivity contribution >= 4 is 26.7 Å². The van der Waals surface area contributed by atoms with Gasteiger partial charge in [-0.3, -0.25) is 9.59 Å². The number of aryl methyl sites for hydroxylation is 1. The van der Waals surface area contributed by atoms with Crippen LogP contribution in [0.25, 0.3) is 22.1 Å². The van der Waals surface area contributed by atoms with E-state index in [4.69, 9.17) is 9.15 Å². The second-order valence-electron chi connectivity index (χ2n) is 8.33. The number of rotatable bonds is 6. The largest absolute Gasteiger partial charge is 0.481 e. The van der Waals surface area contributed by atoms with E-state index in [1.54, 1.807) is 36.9 Å². The summed E-state index contributed by atoms with van der Waals surface area (Å²) >= 11 is 0. The van der Waals surface area contributed by atoms with Gasteiger partial charge >= 0.3 is 0 Å². The highest BCUT2D eigenvalue weighted by molar-refractivity contribution is 7.91. The number of hydrogen-bond acceptors (Lipinski definition) is 6. The van der Waals surface area contributed by atoms with Crippen LogP contribution in [0.3, 0.4) is 0 Å². The van der Waals surface area contributed by atoms with E-state index in [0.29, 0.717) is 41.0 Å². The third-order valence-corrected chi connectivity index (χ3v) is 7.79. The van der Waals surface area contributed by atoms with E-state index in [-0.39, 0.29) is 28.9 Å².